The molecule has 2 atom stereocenters. The van der Waals surface area contributed by atoms with E-state index in [9.17, 15) is 9.59 Å². The van der Waals surface area contributed by atoms with Crippen molar-refractivity contribution in [2.75, 3.05) is 20.8 Å². The molecule has 6 heteroatoms. The molecule has 0 rings (SSSR count). The molecule has 0 aliphatic rings. The molecular weight excluding hydrogens is 236 g/mol. The van der Waals surface area contributed by atoms with Crippen molar-refractivity contribution in [1.82, 2.24) is 10.2 Å². The third kappa shape index (κ3) is 5.86. The van der Waals surface area contributed by atoms with E-state index in [-0.39, 0.29) is 30.5 Å². The molecule has 0 fully saturated rings. The summed E-state index contributed by atoms with van der Waals surface area (Å²) in [5.74, 6) is -0.849. The Morgan fingerprint density at radius 1 is 1.33 bits per heavy atom. The maximum Gasteiger partial charge on any atom is 0.317 e. The standard InChI is InChI=1S/C12H24N2O4/c1-8(2)10(6-11(15)16)13-12(17)14(4)9(3)7-18-5/h8-10H,6-7H2,1-5H3,(H,13,17)(H,15,16). The normalized spacial score (nSPS) is 14.1. The van der Waals surface area contributed by atoms with Gasteiger partial charge in [-0.3, -0.25) is 4.79 Å². The van der Waals surface area contributed by atoms with E-state index < -0.39 is 5.97 Å². The summed E-state index contributed by atoms with van der Waals surface area (Å²) in [5.41, 5.74) is 0. The fraction of sp³-hybridized carbons (Fsp3) is 0.833. The third-order valence-corrected chi connectivity index (χ3v) is 2.90. The van der Waals surface area contributed by atoms with Gasteiger partial charge in [0.1, 0.15) is 0 Å². The van der Waals surface area contributed by atoms with Gasteiger partial charge in [-0.05, 0) is 12.8 Å². The van der Waals surface area contributed by atoms with Gasteiger partial charge in [0.15, 0.2) is 0 Å². The first-order valence-electron chi connectivity index (χ1n) is 6.03. The summed E-state index contributed by atoms with van der Waals surface area (Å²) in [5, 5.41) is 11.5. The number of nitrogens with zero attached hydrogens (tertiary/aromatic N) is 1. The van der Waals surface area contributed by atoms with Gasteiger partial charge >= 0.3 is 12.0 Å². The van der Waals surface area contributed by atoms with Crippen molar-refractivity contribution < 1.29 is 19.4 Å². The molecule has 0 aromatic heterocycles. The largest absolute Gasteiger partial charge is 0.481 e. The highest BCUT2D eigenvalue weighted by atomic mass is 16.5. The zero-order chi connectivity index (χ0) is 14.3. The Kier molecular flexibility index (Phi) is 7.35. The zero-order valence-corrected chi connectivity index (χ0v) is 11.8. The highest BCUT2D eigenvalue weighted by Gasteiger charge is 2.23. The summed E-state index contributed by atoms with van der Waals surface area (Å²) < 4.78 is 4.98. The van der Waals surface area contributed by atoms with E-state index in [2.05, 4.69) is 5.32 Å². The SMILES string of the molecule is COCC(C)N(C)C(=O)NC(CC(=O)O)C(C)C. The van der Waals surface area contributed by atoms with Crippen molar-refractivity contribution in [3.05, 3.63) is 0 Å². The van der Waals surface area contributed by atoms with Crippen LogP contribution in [0.5, 0.6) is 0 Å². The molecule has 0 saturated heterocycles. The van der Waals surface area contributed by atoms with Gasteiger partial charge < -0.3 is 20.1 Å². The Morgan fingerprint density at radius 2 is 1.89 bits per heavy atom. The lowest BCUT2D eigenvalue weighted by atomic mass is 10.0. The van der Waals surface area contributed by atoms with Crippen molar-refractivity contribution >= 4 is 12.0 Å². The van der Waals surface area contributed by atoms with Crippen LogP contribution in [0.15, 0.2) is 0 Å². The van der Waals surface area contributed by atoms with Crippen molar-refractivity contribution in [1.29, 1.82) is 0 Å². The number of amides is 2. The Balaban J connectivity index is 4.45. The maximum absolute atomic E-state index is 11.9. The lowest BCUT2D eigenvalue weighted by Gasteiger charge is -2.28. The minimum absolute atomic E-state index is 0.0624. The first kappa shape index (κ1) is 16.7. The average molecular weight is 260 g/mol. The molecule has 0 aromatic carbocycles. The van der Waals surface area contributed by atoms with E-state index in [1.807, 2.05) is 20.8 Å². The number of likely N-dealkylation sites (N-methyl/N-ethyl adjacent to an activating group) is 1. The highest BCUT2D eigenvalue weighted by molar-refractivity contribution is 5.76. The molecule has 18 heavy (non-hydrogen) atoms. The van der Waals surface area contributed by atoms with E-state index in [0.29, 0.717) is 6.61 Å². The molecule has 0 radical (unpaired) electrons. The number of hydrogen-bond acceptors (Lipinski definition) is 3. The smallest absolute Gasteiger partial charge is 0.317 e. The number of nitrogens with one attached hydrogen (secondary N) is 1. The third-order valence-electron chi connectivity index (χ3n) is 2.90. The second-order valence-electron chi connectivity index (χ2n) is 4.81. The Morgan fingerprint density at radius 3 is 2.28 bits per heavy atom. The molecule has 0 aliphatic heterocycles. The molecule has 0 heterocycles. The minimum atomic E-state index is -0.915. The lowest BCUT2D eigenvalue weighted by molar-refractivity contribution is -0.137. The first-order valence-corrected chi connectivity index (χ1v) is 6.03. The molecule has 106 valence electrons. The van der Waals surface area contributed by atoms with Crippen LogP contribution in [0.25, 0.3) is 0 Å². The van der Waals surface area contributed by atoms with Crippen LogP contribution in [0, 0.1) is 5.92 Å². The van der Waals surface area contributed by atoms with Crippen LogP contribution in [0.4, 0.5) is 4.79 Å². The summed E-state index contributed by atoms with van der Waals surface area (Å²) in [6, 6.07) is -0.709. The number of methoxy groups -OCH3 is 1. The Hall–Kier alpha value is -1.30. The fourth-order valence-electron chi connectivity index (χ4n) is 1.46. The molecule has 6 nitrogen and oxygen atoms in total. The summed E-state index contributed by atoms with van der Waals surface area (Å²) >= 11 is 0. The van der Waals surface area contributed by atoms with Gasteiger partial charge in [0.25, 0.3) is 0 Å². The number of ether oxygens (including phenoxy) is 1. The van der Waals surface area contributed by atoms with Gasteiger partial charge in [0, 0.05) is 20.2 Å². The van der Waals surface area contributed by atoms with Crippen LogP contribution in [-0.2, 0) is 9.53 Å². The molecule has 0 aliphatic carbocycles. The van der Waals surface area contributed by atoms with Crippen LogP contribution in [0.3, 0.4) is 0 Å². The van der Waals surface area contributed by atoms with Gasteiger partial charge in [-0.15, -0.1) is 0 Å². The van der Waals surface area contributed by atoms with E-state index in [0.717, 1.165) is 0 Å². The van der Waals surface area contributed by atoms with Gasteiger partial charge in [0.05, 0.1) is 19.1 Å². The number of rotatable bonds is 7. The van der Waals surface area contributed by atoms with Gasteiger partial charge in [-0.2, -0.15) is 0 Å². The second-order valence-corrected chi connectivity index (χ2v) is 4.81. The molecule has 0 saturated carbocycles. The highest BCUT2D eigenvalue weighted by Crippen LogP contribution is 2.07. The zero-order valence-electron chi connectivity index (χ0n) is 11.8. The number of carboxylic acid groups (broad SMARTS) is 1. The number of carbonyl (C=O) groups excluding carboxylic acids is 1. The number of carbonyl (C=O) groups is 2. The van der Waals surface area contributed by atoms with Crippen molar-refractivity contribution in [2.45, 2.75) is 39.3 Å². The van der Waals surface area contributed by atoms with Crippen LogP contribution in [0.2, 0.25) is 0 Å². The molecule has 0 spiro atoms. The predicted molar refractivity (Wildman–Crippen MR) is 68.5 cm³/mol. The first-order chi connectivity index (χ1) is 8.29. The van der Waals surface area contributed by atoms with Gasteiger partial charge in [0.2, 0.25) is 0 Å². The summed E-state index contributed by atoms with van der Waals surface area (Å²) in [6.07, 6.45) is -0.0735. The van der Waals surface area contributed by atoms with E-state index in [1.165, 1.54) is 4.90 Å². The van der Waals surface area contributed by atoms with Crippen LogP contribution in [-0.4, -0.2) is 54.9 Å². The summed E-state index contributed by atoms with van der Waals surface area (Å²) in [7, 11) is 3.24. The van der Waals surface area contributed by atoms with Crippen LogP contribution >= 0.6 is 0 Å². The maximum atomic E-state index is 11.9. The lowest BCUT2D eigenvalue weighted by Crippen LogP contribution is -2.49. The van der Waals surface area contributed by atoms with Crippen molar-refractivity contribution in [3.63, 3.8) is 0 Å². The Labute approximate surface area is 108 Å². The topological polar surface area (TPSA) is 78.9 Å². The number of aliphatic carboxylic acids is 1. The monoisotopic (exact) mass is 260 g/mol. The number of urea groups is 1. The van der Waals surface area contributed by atoms with Crippen LogP contribution in [0.1, 0.15) is 27.2 Å². The molecule has 2 N–H and O–H groups in total. The van der Waals surface area contributed by atoms with Gasteiger partial charge in [-0.25, -0.2) is 4.79 Å². The Bertz CT molecular complexity index is 281. The second kappa shape index (κ2) is 7.92. The molecular formula is C12H24N2O4. The summed E-state index contributed by atoms with van der Waals surface area (Å²) in [6.45, 7) is 6.07. The van der Waals surface area contributed by atoms with Crippen molar-refractivity contribution in [2.24, 2.45) is 5.92 Å². The quantitative estimate of drug-likeness (QED) is 0.720. The molecule has 0 aromatic rings. The van der Waals surface area contributed by atoms with E-state index in [1.54, 1.807) is 14.2 Å². The van der Waals surface area contributed by atoms with E-state index >= 15 is 0 Å². The van der Waals surface area contributed by atoms with Gasteiger partial charge in [-0.1, -0.05) is 13.8 Å². The minimum Gasteiger partial charge on any atom is -0.481 e. The van der Waals surface area contributed by atoms with Crippen molar-refractivity contribution in [3.8, 4) is 0 Å². The van der Waals surface area contributed by atoms with E-state index in [4.69, 9.17) is 9.84 Å². The number of hydrogen-bond donors (Lipinski definition) is 2. The average Bonchev–Trinajstić information content (AvgIpc) is 2.26. The fourth-order valence-corrected chi connectivity index (χ4v) is 1.46. The number of carboxylic acids is 1. The molecule has 2 amide bonds. The molecule has 0 bridgehead atoms. The molecule has 2 unspecified atom stereocenters. The summed E-state index contributed by atoms with van der Waals surface area (Å²) in [4.78, 5) is 24.2. The predicted octanol–water partition coefficient (Wildman–Crippen LogP) is 1.16. The van der Waals surface area contributed by atoms with Crippen LogP contribution < -0.4 is 5.32 Å².